The lowest BCUT2D eigenvalue weighted by molar-refractivity contribution is 0.476. The van der Waals surface area contributed by atoms with Crippen molar-refractivity contribution in [2.24, 2.45) is 0 Å². The molecule has 0 aliphatic rings. The Morgan fingerprint density at radius 2 is 1.44 bits per heavy atom. The smallest absolute Gasteiger partial charge is 0.153 e. The van der Waals surface area contributed by atoms with Crippen molar-refractivity contribution in [2.75, 3.05) is 0 Å². The van der Waals surface area contributed by atoms with Crippen molar-refractivity contribution < 1.29 is 5.11 Å². The van der Waals surface area contributed by atoms with Gasteiger partial charge in [0.05, 0.1) is 25.1 Å². The van der Waals surface area contributed by atoms with Gasteiger partial charge in [0.1, 0.15) is 0 Å². The molecular weight excluding hydrogens is 337 g/mol. The second-order valence-corrected chi connectivity index (χ2v) is 5.46. The molecule has 6 heteroatoms. The minimum absolute atomic E-state index is 0.0386. The lowest BCUT2D eigenvalue weighted by atomic mass is 10.0. The van der Waals surface area contributed by atoms with Gasteiger partial charge in [-0.3, -0.25) is 0 Å². The molecule has 0 aliphatic carbocycles. The van der Waals surface area contributed by atoms with E-state index in [0.717, 1.165) is 0 Å². The monoisotopic (exact) mass is 340 g/mol. The zero-order chi connectivity index (χ0) is 13.4. The largest absolute Gasteiger partial charge is 0.505 e. The fraction of sp³-hybridized carbons (Fsp3) is 0. The van der Waals surface area contributed by atoms with E-state index in [9.17, 15) is 5.11 Å². The summed E-state index contributed by atoms with van der Waals surface area (Å²) in [5.41, 5.74) is 0.930. The van der Waals surface area contributed by atoms with Crippen LogP contribution in [0.3, 0.4) is 0 Å². The molecular formula is C12H5Cl5O. The molecule has 0 amide bonds. The van der Waals surface area contributed by atoms with Gasteiger partial charge in [0.2, 0.25) is 0 Å². The van der Waals surface area contributed by atoms with Gasteiger partial charge in [-0.1, -0.05) is 70.1 Å². The molecule has 0 saturated carbocycles. The van der Waals surface area contributed by atoms with Crippen molar-refractivity contribution in [1.82, 2.24) is 0 Å². The van der Waals surface area contributed by atoms with E-state index >= 15 is 0 Å². The van der Waals surface area contributed by atoms with Crippen LogP contribution in [-0.4, -0.2) is 5.11 Å². The van der Waals surface area contributed by atoms with Gasteiger partial charge in [-0.15, -0.1) is 0 Å². The second-order valence-electron chi connectivity index (χ2n) is 3.48. The first-order valence-corrected chi connectivity index (χ1v) is 6.63. The third-order valence-electron chi connectivity index (χ3n) is 2.37. The molecule has 0 fully saturated rings. The van der Waals surface area contributed by atoms with Crippen LogP contribution >= 0.6 is 58.0 Å². The molecule has 0 aliphatic heterocycles. The predicted molar refractivity (Wildman–Crippen MR) is 78.6 cm³/mol. The third kappa shape index (κ3) is 2.38. The summed E-state index contributed by atoms with van der Waals surface area (Å²) in [6.07, 6.45) is 0. The molecule has 2 rings (SSSR count). The van der Waals surface area contributed by atoms with Crippen molar-refractivity contribution in [1.29, 1.82) is 0 Å². The SMILES string of the molecule is Oc1c(Cl)cc(Cl)c(-c2cccc(Cl)c2Cl)c1Cl. The number of rotatable bonds is 1. The fourth-order valence-corrected chi connectivity index (χ4v) is 2.89. The highest BCUT2D eigenvalue weighted by Gasteiger charge is 2.18. The summed E-state index contributed by atoms with van der Waals surface area (Å²) in [7, 11) is 0. The van der Waals surface area contributed by atoms with E-state index in [2.05, 4.69) is 0 Å². The van der Waals surface area contributed by atoms with E-state index in [0.29, 0.717) is 21.2 Å². The summed E-state index contributed by atoms with van der Waals surface area (Å²) < 4.78 is 0. The first-order valence-electron chi connectivity index (χ1n) is 4.74. The number of hydrogen-bond acceptors (Lipinski definition) is 1. The Labute approximate surface area is 129 Å². The normalized spacial score (nSPS) is 10.7. The molecule has 94 valence electrons. The Morgan fingerprint density at radius 3 is 2.11 bits per heavy atom. The molecule has 0 bridgehead atoms. The summed E-state index contributed by atoms with van der Waals surface area (Å²) in [6.45, 7) is 0. The van der Waals surface area contributed by atoms with E-state index in [4.69, 9.17) is 58.0 Å². The van der Waals surface area contributed by atoms with Gasteiger partial charge in [-0.2, -0.15) is 0 Å². The van der Waals surface area contributed by atoms with Crippen LogP contribution in [0.4, 0.5) is 0 Å². The third-order valence-corrected chi connectivity index (χ3v) is 4.14. The van der Waals surface area contributed by atoms with Crippen LogP contribution in [0.25, 0.3) is 11.1 Å². The van der Waals surface area contributed by atoms with Crippen molar-refractivity contribution in [3.63, 3.8) is 0 Å². The Morgan fingerprint density at radius 1 is 0.778 bits per heavy atom. The first kappa shape index (κ1) is 14.1. The first-order chi connectivity index (χ1) is 8.43. The molecule has 0 saturated heterocycles. The molecule has 18 heavy (non-hydrogen) atoms. The summed E-state index contributed by atoms with van der Waals surface area (Å²) in [5, 5.41) is 10.8. The molecule has 0 radical (unpaired) electrons. The maximum Gasteiger partial charge on any atom is 0.153 e. The van der Waals surface area contributed by atoms with E-state index in [1.165, 1.54) is 6.07 Å². The molecule has 0 spiro atoms. The zero-order valence-electron chi connectivity index (χ0n) is 8.65. The standard InChI is InChI=1S/C12H5Cl5O/c13-6-3-1-2-5(10(6)16)9-7(14)4-8(15)12(18)11(9)17/h1-4,18H. The highest BCUT2D eigenvalue weighted by Crippen LogP contribution is 2.47. The highest BCUT2D eigenvalue weighted by molar-refractivity contribution is 6.47. The number of halogens is 5. The van der Waals surface area contributed by atoms with Crippen LogP contribution in [0.5, 0.6) is 5.75 Å². The molecule has 1 nitrogen and oxygen atoms in total. The molecule has 0 unspecified atom stereocenters. The van der Waals surface area contributed by atoms with Crippen molar-refractivity contribution in [3.05, 3.63) is 49.4 Å². The van der Waals surface area contributed by atoms with Crippen molar-refractivity contribution in [2.45, 2.75) is 0 Å². The van der Waals surface area contributed by atoms with Crippen molar-refractivity contribution >= 4 is 58.0 Å². The Kier molecular flexibility index (Phi) is 4.20. The van der Waals surface area contributed by atoms with Gasteiger partial charge in [0, 0.05) is 11.1 Å². The number of hydrogen-bond donors (Lipinski definition) is 1. The average Bonchev–Trinajstić information content (AvgIpc) is 2.32. The summed E-state index contributed by atoms with van der Waals surface area (Å²) in [6, 6.07) is 6.46. The number of phenols is 1. The molecule has 0 aromatic heterocycles. The molecule has 0 heterocycles. The van der Waals surface area contributed by atoms with Crippen LogP contribution in [0.1, 0.15) is 0 Å². The minimum atomic E-state index is -0.242. The minimum Gasteiger partial charge on any atom is -0.505 e. The van der Waals surface area contributed by atoms with Crippen LogP contribution in [-0.2, 0) is 0 Å². The maximum absolute atomic E-state index is 9.73. The number of phenolic OH excluding ortho intramolecular Hbond substituents is 1. The Hall–Kier alpha value is -0.310. The van der Waals surface area contributed by atoms with E-state index in [-0.39, 0.29) is 20.8 Å². The summed E-state index contributed by atoms with van der Waals surface area (Å²) in [4.78, 5) is 0. The van der Waals surface area contributed by atoms with Crippen molar-refractivity contribution in [3.8, 4) is 16.9 Å². The average molecular weight is 342 g/mol. The fourth-order valence-electron chi connectivity index (χ4n) is 1.52. The van der Waals surface area contributed by atoms with E-state index < -0.39 is 0 Å². The van der Waals surface area contributed by atoms with E-state index in [1.54, 1.807) is 18.2 Å². The highest BCUT2D eigenvalue weighted by atomic mass is 35.5. The van der Waals surface area contributed by atoms with Gasteiger partial charge >= 0.3 is 0 Å². The molecule has 2 aromatic rings. The Balaban J connectivity index is 2.80. The van der Waals surface area contributed by atoms with Gasteiger partial charge < -0.3 is 5.11 Å². The molecule has 2 aromatic carbocycles. The van der Waals surface area contributed by atoms with Crippen LogP contribution in [0, 0.1) is 0 Å². The molecule has 0 atom stereocenters. The summed E-state index contributed by atoms with van der Waals surface area (Å²) in [5.74, 6) is -0.242. The topological polar surface area (TPSA) is 20.2 Å². The van der Waals surface area contributed by atoms with Gasteiger partial charge in [-0.05, 0) is 12.1 Å². The molecule has 1 N–H and O–H groups in total. The maximum atomic E-state index is 9.73. The Bertz CT molecular complexity index is 624. The van der Waals surface area contributed by atoms with Crippen LogP contribution < -0.4 is 0 Å². The van der Waals surface area contributed by atoms with E-state index in [1.807, 2.05) is 0 Å². The van der Waals surface area contributed by atoms with Gasteiger partial charge in [0.25, 0.3) is 0 Å². The number of benzene rings is 2. The lowest BCUT2D eigenvalue weighted by Crippen LogP contribution is -1.86. The number of aromatic hydroxyl groups is 1. The van der Waals surface area contributed by atoms with Gasteiger partial charge in [0.15, 0.2) is 5.75 Å². The quantitative estimate of drug-likeness (QED) is 0.642. The second kappa shape index (κ2) is 5.36. The summed E-state index contributed by atoms with van der Waals surface area (Å²) >= 11 is 29.9. The lowest BCUT2D eigenvalue weighted by Gasteiger charge is -2.12. The van der Waals surface area contributed by atoms with Crippen LogP contribution in [0.2, 0.25) is 25.1 Å². The predicted octanol–water partition coefficient (Wildman–Crippen LogP) is 6.33. The van der Waals surface area contributed by atoms with Crippen LogP contribution in [0.15, 0.2) is 24.3 Å². The van der Waals surface area contributed by atoms with Gasteiger partial charge in [-0.25, -0.2) is 0 Å². The zero-order valence-corrected chi connectivity index (χ0v) is 12.4.